The van der Waals surface area contributed by atoms with Gasteiger partial charge in [-0.05, 0) is 35.9 Å². The van der Waals surface area contributed by atoms with Crippen molar-refractivity contribution < 1.29 is 14.3 Å². The van der Waals surface area contributed by atoms with E-state index in [1.54, 1.807) is 11.0 Å². The van der Waals surface area contributed by atoms with Gasteiger partial charge in [0.05, 0.1) is 18.7 Å². The topological polar surface area (TPSA) is 91.2 Å². The summed E-state index contributed by atoms with van der Waals surface area (Å²) >= 11 is 4.89. The second-order valence-electron chi connectivity index (χ2n) is 6.83. The highest BCUT2D eigenvalue weighted by atomic mass is 79.9. The lowest BCUT2D eigenvalue weighted by atomic mass is 10.2. The summed E-state index contributed by atoms with van der Waals surface area (Å²) in [6.07, 6.45) is 1.74. The molecule has 0 fully saturated rings. The van der Waals surface area contributed by atoms with E-state index < -0.39 is 0 Å². The number of ether oxygens (including phenoxy) is 2. The fraction of sp³-hybridized carbons (Fsp3) is 0.143. The number of amides is 1. The Bertz CT molecular complexity index is 1240. The van der Waals surface area contributed by atoms with Gasteiger partial charge in [0, 0.05) is 15.4 Å². The van der Waals surface area contributed by atoms with Gasteiger partial charge in [-0.2, -0.15) is 0 Å². The van der Waals surface area contributed by atoms with E-state index in [9.17, 15) is 4.79 Å². The molecule has 156 valence electrons. The molecule has 8 nitrogen and oxygen atoms in total. The molecule has 2 aromatic carbocycles. The Balaban J connectivity index is 1.19. The highest BCUT2D eigenvalue weighted by molar-refractivity contribution is 9.10. The summed E-state index contributed by atoms with van der Waals surface area (Å²) in [7, 11) is 0. The number of nitrogens with one attached hydrogen (secondary N) is 1. The lowest BCUT2D eigenvalue weighted by Crippen LogP contribution is -2.16. The van der Waals surface area contributed by atoms with Crippen molar-refractivity contribution in [3.63, 3.8) is 0 Å². The van der Waals surface area contributed by atoms with Gasteiger partial charge >= 0.3 is 0 Å². The largest absolute Gasteiger partial charge is 0.454 e. The molecule has 0 bridgehead atoms. The molecule has 3 heterocycles. The van der Waals surface area contributed by atoms with Crippen LogP contribution in [0.5, 0.6) is 11.5 Å². The summed E-state index contributed by atoms with van der Waals surface area (Å²) in [4.78, 5) is 21.1. The van der Waals surface area contributed by atoms with E-state index in [-0.39, 0.29) is 25.1 Å². The molecule has 4 aromatic rings. The molecule has 0 radical (unpaired) electrons. The number of carbonyl (C=O) groups excluding carboxylic acids is 1. The van der Waals surface area contributed by atoms with Crippen LogP contribution in [0.25, 0.3) is 10.6 Å². The maximum atomic E-state index is 12.4. The first kappa shape index (κ1) is 19.7. The predicted molar refractivity (Wildman–Crippen MR) is 119 cm³/mol. The van der Waals surface area contributed by atoms with Crippen LogP contribution in [0, 0.1) is 0 Å². The molecule has 1 amide bonds. The van der Waals surface area contributed by atoms with Crippen molar-refractivity contribution >= 4 is 39.1 Å². The highest BCUT2D eigenvalue weighted by Crippen LogP contribution is 2.36. The molecule has 2 aromatic heterocycles. The Morgan fingerprint density at radius 3 is 2.87 bits per heavy atom. The Morgan fingerprint density at radius 1 is 1.16 bits per heavy atom. The zero-order valence-electron chi connectivity index (χ0n) is 16.1. The summed E-state index contributed by atoms with van der Waals surface area (Å²) < 4.78 is 13.5. The smallest absolute Gasteiger partial charge is 0.248 e. The van der Waals surface area contributed by atoms with E-state index in [0.717, 1.165) is 26.4 Å². The molecule has 0 spiro atoms. The molecule has 1 aliphatic heterocycles. The standard InChI is InChI=1S/C21H16BrN5O3S/c22-15-4-1-13(2-5-15)9-27-11-23-21(26-27)25-19(28)8-16-10-31-20(24-16)14-3-6-17-18(7-14)30-12-29-17/h1-7,10-11H,8-9,12H2,(H,25,26,28). The summed E-state index contributed by atoms with van der Waals surface area (Å²) in [6.45, 7) is 0.802. The number of fused-ring (bicyclic) bond motifs is 1. The first-order valence-corrected chi connectivity index (χ1v) is 11.1. The van der Waals surface area contributed by atoms with Crippen molar-refractivity contribution in [1.82, 2.24) is 19.7 Å². The van der Waals surface area contributed by atoms with E-state index >= 15 is 0 Å². The van der Waals surface area contributed by atoms with E-state index in [4.69, 9.17) is 9.47 Å². The molecule has 0 atom stereocenters. The minimum absolute atomic E-state index is 0.141. The SMILES string of the molecule is O=C(Cc1csc(-c2ccc3c(c2)OCO3)n1)Nc1ncn(Cc2ccc(Br)cc2)n1. The van der Waals surface area contributed by atoms with Gasteiger partial charge in [-0.1, -0.05) is 28.1 Å². The van der Waals surface area contributed by atoms with E-state index in [1.807, 2.05) is 47.8 Å². The van der Waals surface area contributed by atoms with Crippen molar-refractivity contribution in [1.29, 1.82) is 0 Å². The van der Waals surface area contributed by atoms with Crippen molar-refractivity contribution in [3.05, 3.63) is 69.9 Å². The minimum Gasteiger partial charge on any atom is -0.454 e. The maximum Gasteiger partial charge on any atom is 0.248 e. The van der Waals surface area contributed by atoms with E-state index in [0.29, 0.717) is 18.0 Å². The van der Waals surface area contributed by atoms with Gasteiger partial charge in [0.25, 0.3) is 0 Å². The monoisotopic (exact) mass is 497 g/mol. The lowest BCUT2D eigenvalue weighted by Gasteiger charge is -2.01. The first-order valence-electron chi connectivity index (χ1n) is 9.40. The zero-order chi connectivity index (χ0) is 21.2. The fourth-order valence-corrected chi connectivity index (χ4v) is 4.17. The maximum absolute atomic E-state index is 12.4. The summed E-state index contributed by atoms with van der Waals surface area (Å²) in [5.74, 6) is 1.49. The quantitative estimate of drug-likeness (QED) is 0.430. The number of hydrogen-bond acceptors (Lipinski definition) is 7. The molecule has 0 aliphatic carbocycles. The number of thiazole rings is 1. The number of halogens is 1. The fourth-order valence-electron chi connectivity index (χ4n) is 3.09. The number of carbonyl (C=O) groups is 1. The van der Waals surface area contributed by atoms with Crippen molar-refractivity contribution in [2.24, 2.45) is 0 Å². The number of aromatic nitrogens is 4. The van der Waals surface area contributed by atoms with Crippen molar-refractivity contribution in [3.8, 4) is 22.1 Å². The van der Waals surface area contributed by atoms with Gasteiger partial charge in [-0.25, -0.2) is 14.6 Å². The molecule has 0 unspecified atom stereocenters. The number of nitrogens with zero attached hydrogens (tertiary/aromatic N) is 4. The van der Waals surface area contributed by atoms with Gasteiger partial charge in [-0.15, -0.1) is 16.4 Å². The molecule has 1 N–H and O–H groups in total. The van der Waals surface area contributed by atoms with Crippen molar-refractivity contribution in [2.45, 2.75) is 13.0 Å². The Labute approximate surface area is 190 Å². The first-order chi connectivity index (χ1) is 15.1. The van der Waals surface area contributed by atoms with Crippen LogP contribution in [0.15, 0.2) is 58.6 Å². The lowest BCUT2D eigenvalue weighted by molar-refractivity contribution is -0.115. The van der Waals surface area contributed by atoms with Gasteiger partial charge in [0.15, 0.2) is 11.5 Å². The molecule has 0 saturated carbocycles. The summed E-state index contributed by atoms with van der Waals surface area (Å²) in [5, 5.41) is 9.73. The number of anilines is 1. The molecule has 5 rings (SSSR count). The van der Waals surface area contributed by atoms with Crippen LogP contribution < -0.4 is 14.8 Å². The third-order valence-corrected chi connectivity index (χ3v) is 6.03. The summed E-state index contributed by atoms with van der Waals surface area (Å²) in [5.41, 5.74) is 2.70. The second-order valence-corrected chi connectivity index (χ2v) is 8.60. The molecule has 31 heavy (non-hydrogen) atoms. The highest BCUT2D eigenvalue weighted by Gasteiger charge is 2.16. The average molecular weight is 498 g/mol. The number of benzene rings is 2. The zero-order valence-corrected chi connectivity index (χ0v) is 18.5. The third kappa shape index (κ3) is 4.59. The van der Waals surface area contributed by atoms with Crippen LogP contribution >= 0.6 is 27.3 Å². The Morgan fingerprint density at radius 2 is 2.00 bits per heavy atom. The predicted octanol–water partition coefficient (Wildman–Crippen LogP) is 4.12. The number of hydrogen-bond donors (Lipinski definition) is 1. The second kappa shape index (κ2) is 8.48. The molecule has 10 heteroatoms. The molecular formula is C21H16BrN5O3S. The van der Waals surface area contributed by atoms with Crippen molar-refractivity contribution in [2.75, 3.05) is 12.1 Å². The Hall–Kier alpha value is -3.24. The summed E-state index contributed by atoms with van der Waals surface area (Å²) in [6, 6.07) is 13.6. The van der Waals surface area contributed by atoms with Gasteiger partial charge < -0.3 is 9.47 Å². The van der Waals surface area contributed by atoms with Crippen LogP contribution in [-0.2, 0) is 17.8 Å². The Kier molecular flexibility index (Phi) is 5.39. The van der Waals surface area contributed by atoms with E-state index in [1.165, 1.54) is 11.3 Å². The van der Waals surface area contributed by atoms with Gasteiger partial charge in [-0.3, -0.25) is 10.1 Å². The van der Waals surface area contributed by atoms with Crippen LogP contribution in [0.1, 0.15) is 11.3 Å². The third-order valence-electron chi connectivity index (χ3n) is 4.56. The van der Waals surface area contributed by atoms with Crippen LogP contribution in [0.3, 0.4) is 0 Å². The average Bonchev–Trinajstić information content (AvgIpc) is 3.50. The normalized spacial score (nSPS) is 12.2. The number of rotatable bonds is 6. The molecular weight excluding hydrogens is 482 g/mol. The minimum atomic E-state index is -0.219. The van der Waals surface area contributed by atoms with E-state index in [2.05, 4.69) is 36.3 Å². The van der Waals surface area contributed by atoms with Crippen LogP contribution in [0.4, 0.5) is 5.95 Å². The van der Waals surface area contributed by atoms with Crippen LogP contribution in [-0.4, -0.2) is 32.4 Å². The van der Waals surface area contributed by atoms with Gasteiger partial charge in [0.1, 0.15) is 11.3 Å². The molecule has 1 aliphatic rings. The molecule has 0 saturated heterocycles. The van der Waals surface area contributed by atoms with Gasteiger partial charge in [0.2, 0.25) is 18.6 Å². The van der Waals surface area contributed by atoms with Crippen LogP contribution in [0.2, 0.25) is 0 Å².